The molecule has 1 aromatic heterocycles. The summed E-state index contributed by atoms with van der Waals surface area (Å²) in [4.78, 5) is 16.2. The zero-order valence-corrected chi connectivity index (χ0v) is 15.8. The van der Waals surface area contributed by atoms with E-state index in [1.807, 2.05) is 10.8 Å². The molecular weight excluding hydrogens is 388 g/mol. The molecule has 28 heavy (non-hydrogen) atoms. The summed E-state index contributed by atoms with van der Waals surface area (Å²) < 4.78 is 29.3. The van der Waals surface area contributed by atoms with Gasteiger partial charge < -0.3 is 19.9 Å². The molecule has 0 aliphatic heterocycles. The molecule has 0 saturated carbocycles. The minimum Gasteiger partial charge on any atom is -0.431 e. The molecule has 2 aromatic rings. The molecule has 0 saturated heterocycles. The first-order valence-corrected chi connectivity index (χ1v) is 10.1. The predicted molar refractivity (Wildman–Crippen MR) is 98.6 cm³/mol. The largest absolute Gasteiger partial charge is 0.431 e. The molecule has 0 spiro atoms. The van der Waals surface area contributed by atoms with Gasteiger partial charge in [-0.3, -0.25) is 4.79 Å². The van der Waals surface area contributed by atoms with Crippen LogP contribution >= 0.6 is 0 Å². The number of sulfonamides is 1. The summed E-state index contributed by atoms with van der Waals surface area (Å²) in [6.45, 7) is 0. The standard InChI is InChI=1S/C17H20N4O6S/c1-28(25,26)21-17-20-13(10-27-17)16(24)19-12(15(23)14(22)7-8-18)9-11-5-3-2-4-6-11/h2-6,10,12,14-15,22-23H,7,9H2,1H3,(H,19,24)(H,20,21). The van der Waals surface area contributed by atoms with Gasteiger partial charge in [-0.1, -0.05) is 30.3 Å². The SMILES string of the molecule is CS(=O)(=O)Nc1nc(C(=O)NC(Cc2ccccc2)C(O)C(O)CC#N)co1. The first-order chi connectivity index (χ1) is 13.2. The smallest absolute Gasteiger partial charge is 0.309 e. The van der Waals surface area contributed by atoms with Crippen molar-refractivity contribution in [2.45, 2.75) is 31.1 Å². The van der Waals surface area contributed by atoms with Gasteiger partial charge in [0.05, 0.1) is 30.9 Å². The summed E-state index contributed by atoms with van der Waals surface area (Å²) in [5.74, 6) is -0.741. The number of aliphatic hydroxyl groups is 2. The number of anilines is 1. The van der Waals surface area contributed by atoms with Gasteiger partial charge in [0.1, 0.15) is 12.4 Å². The summed E-state index contributed by atoms with van der Waals surface area (Å²) in [5, 5.41) is 31.6. The Labute approximate surface area is 161 Å². The molecule has 0 aliphatic rings. The number of oxazole rings is 1. The molecule has 11 heteroatoms. The number of hydrogen-bond acceptors (Lipinski definition) is 8. The Morgan fingerprint density at radius 3 is 2.61 bits per heavy atom. The van der Waals surface area contributed by atoms with Crippen molar-refractivity contribution < 1.29 is 27.8 Å². The van der Waals surface area contributed by atoms with E-state index in [0.717, 1.165) is 18.1 Å². The zero-order valence-electron chi connectivity index (χ0n) is 14.9. The van der Waals surface area contributed by atoms with Crippen molar-refractivity contribution in [1.29, 1.82) is 5.26 Å². The minimum atomic E-state index is -3.63. The highest BCUT2D eigenvalue weighted by molar-refractivity contribution is 7.91. The van der Waals surface area contributed by atoms with Crippen LogP contribution < -0.4 is 10.0 Å². The Balaban J connectivity index is 2.16. The van der Waals surface area contributed by atoms with E-state index in [1.54, 1.807) is 30.3 Å². The fourth-order valence-electron chi connectivity index (χ4n) is 2.43. The maximum absolute atomic E-state index is 12.4. The highest BCUT2D eigenvalue weighted by Gasteiger charge is 2.29. The lowest BCUT2D eigenvalue weighted by atomic mass is 9.96. The highest BCUT2D eigenvalue weighted by atomic mass is 32.2. The monoisotopic (exact) mass is 408 g/mol. The number of benzene rings is 1. The number of nitrogens with one attached hydrogen (secondary N) is 2. The van der Waals surface area contributed by atoms with E-state index in [-0.39, 0.29) is 24.6 Å². The molecular formula is C17H20N4O6S. The van der Waals surface area contributed by atoms with Crippen LogP contribution in [0, 0.1) is 11.3 Å². The lowest BCUT2D eigenvalue weighted by Crippen LogP contribution is -2.49. The number of nitriles is 1. The molecule has 0 fully saturated rings. The van der Waals surface area contributed by atoms with Crippen molar-refractivity contribution in [3.8, 4) is 6.07 Å². The Morgan fingerprint density at radius 2 is 2.00 bits per heavy atom. The van der Waals surface area contributed by atoms with Crippen LogP contribution in [0.5, 0.6) is 0 Å². The Kier molecular flexibility index (Phi) is 7.11. The average molecular weight is 408 g/mol. The summed E-state index contributed by atoms with van der Waals surface area (Å²) in [6, 6.07) is 9.40. The quantitative estimate of drug-likeness (QED) is 0.451. The van der Waals surface area contributed by atoms with E-state index in [4.69, 9.17) is 9.68 Å². The van der Waals surface area contributed by atoms with Gasteiger partial charge in [-0.2, -0.15) is 10.2 Å². The Bertz CT molecular complexity index is 938. The third-order valence-corrected chi connectivity index (χ3v) is 4.28. The van der Waals surface area contributed by atoms with Gasteiger partial charge in [0.15, 0.2) is 5.69 Å². The van der Waals surface area contributed by atoms with Crippen LogP contribution in [0.2, 0.25) is 0 Å². The minimum absolute atomic E-state index is 0.183. The average Bonchev–Trinajstić information content (AvgIpc) is 3.08. The third-order valence-electron chi connectivity index (χ3n) is 3.73. The second-order valence-electron chi connectivity index (χ2n) is 6.10. The van der Waals surface area contributed by atoms with Gasteiger partial charge in [0, 0.05) is 0 Å². The fraction of sp³-hybridized carbons (Fsp3) is 0.353. The molecule has 0 aliphatic carbocycles. The normalized spacial score (nSPS) is 14.5. The number of nitrogens with zero attached hydrogens (tertiary/aromatic N) is 2. The van der Waals surface area contributed by atoms with Crippen LogP contribution in [0.1, 0.15) is 22.5 Å². The molecule has 3 unspecified atom stereocenters. The number of rotatable bonds is 9. The number of carbonyl (C=O) groups excluding carboxylic acids is 1. The molecule has 0 radical (unpaired) electrons. The van der Waals surface area contributed by atoms with Crippen LogP contribution in [0.15, 0.2) is 41.0 Å². The fourth-order valence-corrected chi connectivity index (χ4v) is 2.84. The summed E-state index contributed by atoms with van der Waals surface area (Å²) in [6.07, 6.45) is -1.04. The highest BCUT2D eigenvalue weighted by Crippen LogP contribution is 2.13. The molecule has 1 amide bonds. The van der Waals surface area contributed by atoms with E-state index in [1.165, 1.54) is 0 Å². The van der Waals surface area contributed by atoms with Crippen LogP contribution in [-0.2, 0) is 16.4 Å². The summed E-state index contributed by atoms with van der Waals surface area (Å²) >= 11 is 0. The van der Waals surface area contributed by atoms with Crippen LogP contribution in [0.4, 0.5) is 6.01 Å². The van der Waals surface area contributed by atoms with E-state index < -0.39 is 34.2 Å². The molecule has 10 nitrogen and oxygen atoms in total. The maximum Gasteiger partial charge on any atom is 0.309 e. The Morgan fingerprint density at radius 1 is 1.32 bits per heavy atom. The Hall–Kier alpha value is -2.94. The van der Waals surface area contributed by atoms with Crippen molar-refractivity contribution in [1.82, 2.24) is 10.3 Å². The number of carbonyl (C=O) groups is 1. The first-order valence-electron chi connectivity index (χ1n) is 8.21. The number of aromatic nitrogens is 1. The summed E-state index contributed by atoms with van der Waals surface area (Å²) in [5.41, 5.74) is 0.571. The van der Waals surface area contributed by atoms with Gasteiger partial charge in [-0.25, -0.2) is 13.1 Å². The van der Waals surface area contributed by atoms with Gasteiger partial charge in [-0.05, 0) is 12.0 Å². The lowest BCUT2D eigenvalue weighted by molar-refractivity contribution is -0.000384. The topological polar surface area (TPSA) is 166 Å². The van der Waals surface area contributed by atoms with E-state index in [9.17, 15) is 23.4 Å². The van der Waals surface area contributed by atoms with Gasteiger partial charge in [0.2, 0.25) is 10.0 Å². The van der Waals surface area contributed by atoms with Crippen molar-refractivity contribution >= 4 is 21.9 Å². The molecule has 1 aromatic carbocycles. The molecule has 2 rings (SSSR count). The molecule has 3 atom stereocenters. The molecule has 0 bridgehead atoms. The van der Waals surface area contributed by atoms with Crippen molar-refractivity contribution in [2.75, 3.05) is 11.0 Å². The second kappa shape index (κ2) is 9.32. The van der Waals surface area contributed by atoms with Gasteiger partial charge in [0.25, 0.3) is 5.91 Å². The predicted octanol–water partition coefficient (Wildman–Crippen LogP) is 0.0227. The van der Waals surface area contributed by atoms with Crippen LogP contribution in [0.25, 0.3) is 0 Å². The van der Waals surface area contributed by atoms with Crippen molar-refractivity contribution in [3.63, 3.8) is 0 Å². The summed E-state index contributed by atoms with van der Waals surface area (Å²) in [7, 11) is -3.63. The van der Waals surface area contributed by atoms with E-state index in [2.05, 4.69) is 10.3 Å². The first kappa shape index (κ1) is 21.4. The molecule has 150 valence electrons. The number of amides is 1. The van der Waals surface area contributed by atoms with Crippen LogP contribution in [0.3, 0.4) is 0 Å². The molecule has 1 heterocycles. The maximum atomic E-state index is 12.4. The van der Waals surface area contributed by atoms with Crippen molar-refractivity contribution in [3.05, 3.63) is 47.9 Å². The second-order valence-corrected chi connectivity index (χ2v) is 7.85. The van der Waals surface area contributed by atoms with E-state index in [0.29, 0.717) is 0 Å². The van der Waals surface area contributed by atoms with E-state index >= 15 is 0 Å². The molecule has 4 N–H and O–H groups in total. The number of hydrogen-bond donors (Lipinski definition) is 4. The number of aliphatic hydroxyl groups excluding tert-OH is 2. The van der Waals surface area contributed by atoms with Crippen LogP contribution in [-0.4, -0.2) is 54.0 Å². The lowest BCUT2D eigenvalue weighted by Gasteiger charge is -2.26. The third kappa shape index (κ3) is 6.34. The van der Waals surface area contributed by atoms with Gasteiger partial charge in [-0.15, -0.1) is 0 Å². The van der Waals surface area contributed by atoms with Gasteiger partial charge >= 0.3 is 6.01 Å². The van der Waals surface area contributed by atoms with Crippen molar-refractivity contribution in [2.24, 2.45) is 0 Å². The zero-order chi connectivity index (χ0) is 20.7.